The van der Waals surface area contributed by atoms with Gasteiger partial charge in [-0.05, 0) is 37.6 Å². The van der Waals surface area contributed by atoms with Crippen LogP contribution in [0.3, 0.4) is 0 Å². The van der Waals surface area contributed by atoms with Crippen molar-refractivity contribution in [3.63, 3.8) is 0 Å². The Balaban J connectivity index is 1.63. The van der Waals surface area contributed by atoms with Crippen LogP contribution in [0, 0.1) is 0 Å². The highest BCUT2D eigenvalue weighted by atomic mass is 35.5. The van der Waals surface area contributed by atoms with Gasteiger partial charge in [0.25, 0.3) is 0 Å². The Morgan fingerprint density at radius 3 is 2.38 bits per heavy atom. The van der Waals surface area contributed by atoms with Gasteiger partial charge in [-0.1, -0.05) is 23.7 Å². The molecule has 1 N–H and O–H groups in total. The first-order valence-electron chi connectivity index (χ1n) is 8.24. The van der Waals surface area contributed by atoms with E-state index in [9.17, 15) is 9.59 Å². The summed E-state index contributed by atoms with van der Waals surface area (Å²) in [6.45, 7) is 5.35. The number of hydrogen-bond donors (Lipinski definition) is 1. The van der Waals surface area contributed by atoms with Crippen molar-refractivity contribution in [1.82, 2.24) is 15.1 Å². The van der Waals surface area contributed by atoms with Crippen molar-refractivity contribution >= 4 is 23.6 Å². The Hall–Kier alpha value is -1.79. The van der Waals surface area contributed by atoms with E-state index >= 15 is 0 Å². The fraction of sp³-hybridized carbons (Fsp3) is 0.529. The van der Waals surface area contributed by atoms with E-state index < -0.39 is 0 Å². The zero-order valence-corrected chi connectivity index (χ0v) is 14.7. The van der Waals surface area contributed by atoms with E-state index in [0.29, 0.717) is 39.3 Å². The van der Waals surface area contributed by atoms with E-state index in [1.807, 2.05) is 24.3 Å². The van der Waals surface area contributed by atoms with Crippen LogP contribution in [0.2, 0.25) is 5.02 Å². The van der Waals surface area contributed by atoms with E-state index in [1.54, 1.807) is 16.7 Å². The predicted molar refractivity (Wildman–Crippen MR) is 93.2 cm³/mol. The minimum absolute atomic E-state index is 0.0645. The molecule has 1 aliphatic heterocycles. The number of nitrogens with one attached hydrogen (secondary N) is 1. The van der Waals surface area contributed by atoms with Crippen LogP contribution in [0.4, 0.5) is 4.79 Å². The average Bonchev–Trinajstić information content (AvgIpc) is 2.60. The van der Waals surface area contributed by atoms with Gasteiger partial charge in [-0.15, -0.1) is 0 Å². The Bertz CT molecular complexity index is 543. The monoisotopic (exact) mass is 353 g/mol. The highest BCUT2D eigenvalue weighted by molar-refractivity contribution is 6.30. The summed E-state index contributed by atoms with van der Waals surface area (Å²) >= 11 is 5.85. The lowest BCUT2D eigenvalue weighted by Gasteiger charge is -2.34. The van der Waals surface area contributed by atoms with E-state index in [2.05, 4.69) is 5.32 Å². The summed E-state index contributed by atoms with van der Waals surface area (Å²) in [6, 6.07) is 7.71. The molecule has 0 unspecified atom stereocenters. The third-order valence-corrected chi connectivity index (χ3v) is 4.19. The van der Waals surface area contributed by atoms with Crippen LogP contribution in [0.15, 0.2) is 24.3 Å². The van der Waals surface area contributed by atoms with Gasteiger partial charge in [-0.25, -0.2) is 4.79 Å². The number of rotatable bonds is 6. The average molecular weight is 354 g/mol. The quantitative estimate of drug-likeness (QED) is 0.792. The molecule has 7 heteroatoms. The summed E-state index contributed by atoms with van der Waals surface area (Å²) in [6.07, 6.45) is 0.548. The van der Waals surface area contributed by atoms with Gasteiger partial charge in [-0.2, -0.15) is 0 Å². The van der Waals surface area contributed by atoms with Crippen molar-refractivity contribution in [3.05, 3.63) is 34.9 Å². The van der Waals surface area contributed by atoms with Crippen molar-refractivity contribution in [2.45, 2.75) is 13.3 Å². The number of halogens is 1. The third-order valence-electron chi connectivity index (χ3n) is 3.94. The molecule has 0 aliphatic carbocycles. The lowest BCUT2D eigenvalue weighted by atomic mass is 10.1. The number of piperazine rings is 1. The summed E-state index contributed by atoms with van der Waals surface area (Å²) in [5, 5.41) is 3.90. The van der Waals surface area contributed by atoms with Crippen LogP contribution in [-0.4, -0.2) is 67.7 Å². The third kappa shape index (κ3) is 5.69. The second-order valence-corrected chi connectivity index (χ2v) is 6.06. The molecule has 0 aromatic heterocycles. The molecule has 1 aromatic carbocycles. The maximum absolute atomic E-state index is 12.2. The fourth-order valence-electron chi connectivity index (χ4n) is 2.54. The lowest BCUT2D eigenvalue weighted by Crippen LogP contribution is -2.52. The molecule has 6 nitrogen and oxygen atoms in total. The van der Waals surface area contributed by atoms with E-state index in [-0.39, 0.29) is 12.0 Å². The number of carbonyl (C=O) groups excluding carboxylic acids is 2. The number of nitrogens with zero attached hydrogens (tertiary/aromatic N) is 2. The standard InChI is InChI=1S/C17H24ClN3O3/c1-2-24-17(23)21-11-9-20(10-12-21)16(22)13-19-8-7-14-3-5-15(18)6-4-14/h3-6,19H,2,7-13H2,1H3. The van der Waals surface area contributed by atoms with Crippen LogP contribution in [-0.2, 0) is 16.0 Å². The maximum Gasteiger partial charge on any atom is 0.409 e. The van der Waals surface area contributed by atoms with E-state index in [1.165, 1.54) is 5.56 Å². The molecule has 0 spiro atoms. The SMILES string of the molecule is CCOC(=O)N1CCN(C(=O)CNCCc2ccc(Cl)cc2)CC1. The van der Waals surface area contributed by atoms with Crippen LogP contribution in [0.5, 0.6) is 0 Å². The Morgan fingerprint density at radius 1 is 1.12 bits per heavy atom. The summed E-state index contributed by atoms with van der Waals surface area (Å²) in [5.41, 5.74) is 1.18. The topological polar surface area (TPSA) is 61.9 Å². The summed E-state index contributed by atoms with van der Waals surface area (Å²) in [7, 11) is 0. The fourth-order valence-corrected chi connectivity index (χ4v) is 2.67. The van der Waals surface area contributed by atoms with Gasteiger partial charge < -0.3 is 19.9 Å². The molecule has 24 heavy (non-hydrogen) atoms. The molecule has 1 heterocycles. The van der Waals surface area contributed by atoms with E-state index in [4.69, 9.17) is 16.3 Å². The first-order chi connectivity index (χ1) is 11.6. The molecule has 132 valence electrons. The van der Waals surface area contributed by atoms with Crippen molar-refractivity contribution in [1.29, 1.82) is 0 Å². The van der Waals surface area contributed by atoms with Crippen molar-refractivity contribution < 1.29 is 14.3 Å². The second kappa shape index (κ2) is 9.49. The van der Waals surface area contributed by atoms with Crippen molar-refractivity contribution in [2.75, 3.05) is 45.9 Å². The van der Waals surface area contributed by atoms with Crippen molar-refractivity contribution in [3.8, 4) is 0 Å². The Morgan fingerprint density at radius 2 is 1.75 bits per heavy atom. The maximum atomic E-state index is 12.2. The minimum Gasteiger partial charge on any atom is -0.450 e. The molecule has 0 saturated carbocycles. The molecule has 1 saturated heterocycles. The molecule has 0 radical (unpaired) electrons. The number of carbonyl (C=O) groups is 2. The van der Waals surface area contributed by atoms with Crippen LogP contribution in [0.1, 0.15) is 12.5 Å². The van der Waals surface area contributed by atoms with Gasteiger partial charge in [0.05, 0.1) is 13.2 Å². The highest BCUT2D eigenvalue weighted by Gasteiger charge is 2.24. The largest absolute Gasteiger partial charge is 0.450 e. The normalized spacial score (nSPS) is 14.6. The van der Waals surface area contributed by atoms with Gasteiger partial charge >= 0.3 is 6.09 Å². The predicted octanol–water partition coefficient (Wildman–Crippen LogP) is 1.77. The highest BCUT2D eigenvalue weighted by Crippen LogP contribution is 2.09. The van der Waals surface area contributed by atoms with Gasteiger partial charge in [0, 0.05) is 31.2 Å². The number of hydrogen-bond acceptors (Lipinski definition) is 4. The molecule has 0 bridgehead atoms. The molecular weight excluding hydrogens is 330 g/mol. The number of amides is 2. The molecule has 2 amide bonds. The van der Waals surface area contributed by atoms with Crippen molar-refractivity contribution in [2.24, 2.45) is 0 Å². The first-order valence-corrected chi connectivity index (χ1v) is 8.62. The molecule has 0 atom stereocenters. The summed E-state index contributed by atoms with van der Waals surface area (Å²) in [5.74, 6) is 0.0645. The number of benzene rings is 1. The first kappa shape index (κ1) is 18.5. The van der Waals surface area contributed by atoms with Gasteiger partial charge in [0.1, 0.15) is 0 Å². The minimum atomic E-state index is -0.300. The smallest absolute Gasteiger partial charge is 0.409 e. The zero-order valence-electron chi connectivity index (χ0n) is 14.0. The molecule has 1 fully saturated rings. The van der Waals surface area contributed by atoms with E-state index in [0.717, 1.165) is 18.0 Å². The lowest BCUT2D eigenvalue weighted by molar-refractivity contribution is -0.131. The summed E-state index contributed by atoms with van der Waals surface area (Å²) < 4.78 is 4.97. The van der Waals surface area contributed by atoms with Crippen LogP contribution < -0.4 is 5.32 Å². The van der Waals surface area contributed by atoms with Gasteiger partial charge in [0.2, 0.25) is 5.91 Å². The molecular formula is C17H24ClN3O3. The number of ether oxygens (including phenoxy) is 1. The Labute approximate surface area is 147 Å². The van der Waals surface area contributed by atoms with Gasteiger partial charge in [0.15, 0.2) is 0 Å². The molecule has 1 aliphatic rings. The second-order valence-electron chi connectivity index (χ2n) is 5.62. The van der Waals surface area contributed by atoms with Crippen LogP contribution in [0.25, 0.3) is 0 Å². The van der Waals surface area contributed by atoms with Crippen LogP contribution >= 0.6 is 11.6 Å². The Kier molecular flexibility index (Phi) is 7.34. The molecule has 1 aromatic rings. The van der Waals surface area contributed by atoms with Gasteiger partial charge in [-0.3, -0.25) is 4.79 Å². The summed E-state index contributed by atoms with van der Waals surface area (Å²) in [4.78, 5) is 27.2. The molecule has 2 rings (SSSR count). The zero-order chi connectivity index (χ0) is 17.4.